The number of rotatable bonds is 6. The van der Waals surface area contributed by atoms with E-state index in [1.54, 1.807) is 0 Å². The van der Waals surface area contributed by atoms with Crippen LogP contribution in [0.2, 0.25) is 0 Å². The van der Waals surface area contributed by atoms with E-state index in [-0.39, 0.29) is 30.2 Å². The maximum absolute atomic E-state index is 14.3. The van der Waals surface area contributed by atoms with Crippen molar-refractivity contribution in [1.29, 1.82) is 0 Å². The zero-order valence-corrected chi connectivity index (χ0v) is 15.3. The minimum Gasteiger partial charge on any atom is -0.353 e. The summed E-state index contributed by atoms with van der Waals surface area (Å²) in [6, 6.07) is 5.14. The van der Waals surface area contributed by atoms with Gasteiger partial charge in [-0.3, -0.25) is 14.3 Å². The number of hydrogen-bond donors (Lipinski definition) is 3. The average molecular weight is 424 g/mol. The second-order valence-corrected chi connectivity index (χ2v) is 6.22. The lowest BCUT2D eigenvalue weighted by Crippen LogP contribution is -2.31. The van der Waals surface area contributed by atoms with Crippen LogP contribution in [0.5, 0.6) is 0 Å². The van der Waals surface area contributed by atoms with E-state index in [1.807, 2.05) is 0 Å². The maximum Gasteiger partial charge on any atom is 0.433 e. The van der Waals surface area contributed by atoms with Gasteiger partial charge >= 0.3 is 6.18 Å². The first-order valence-electron chi connectivity index (χ1n) is 8.66. The highest BCUT2D eigenvalue weighted by molar-refractivity contribution is 6.04. The van der Waals surface area contributed by atoms with Gasteiger partial charge in [0.25, 0.3) is 5.91 Å². The molecule has 0 saturated carbocycles. The number of alkyl halides is 3. The van der Waals surface area contributed by atoms with Gasteiger partial charge in [0.2, 0.25) is 5.91 Å². The van der Waals surface area contributed by atoms with Crippen LogP contribution in [0, 0.1) is 5.82 Å². The third kappa shape index (κ3) is 4.89. The van der Waals surface area contributed by atoms with E-state index in [0.29, 0.717) is 11.9 Å². The largest absolute Gasteiger partial charge is 0.433 e. The molecule has 12 heteroatoms. The molecule has 3 rings (SSSR count). The third-order valence-corrected chi connectivity index (χ3v) is 3.93. The van der Waals surface area contributed by atoms with E-state index in [2.05, 4.69) is 20.7 Å². The number of pyridine rings is 1. The van der Waals surface area contributed by atoms with E-state index < -0.39 is 29.3 Å². The second kappa shape index (κ2) is 8.45. The van der Waals surface area contributed by atoms with Crippen LogP contribution in [-0.2, 0) is 17.5 Å². The van der Waals surface area contributed by atoms with Gasteiger partial charge in [0.1, 0.15) is 23.7 Å². The topological polar surface area (TPSA) is 115 Å². The average Bonchev–Trinajstić information content (AvgIpc) is 3.06. The number of amides is 2. The Balaban J connectivity index is 1.80. The zero-order valence-electron chi connectivity index (χ0n) is 15.3. The van der Waals surface area contributed by atoms with E-state index in [0.717, 1.165) is 24.3 Å². The normalized spacial score (nSPS) is 11.5. The molecule has 30 heavy (non-hydrogen) atoms. The Morgan fingerprint density at radius 3 is 2.67 bits per heavy atom. The summed E-state index contributed by atoms with van der Waals surface area (Å²) in [7, 11) is 0. The first kappa shape index (κ1) is 21.2. The predicted molar refractivity (Wildman–Crippen MR) is 98.9 cm³/mol. The fraction of sp³-hybridized carbons (Fsp3) is 0.222. The van der Waals surface area contributed by atoms with Crippen molar-refractivity contribution in [3.63, 3.8) is 0 Å². The summed E-state index contributed by atoms with van der Waals surface area (Å²) in [5, 5.41) is 9.25. The summed E-state index contributed by atoms with van der Waals surface area (Å²) in [6.07, 6.45) is -3.25. The monoisotopic (exact) mass is 424 g/mol. The molecule has 0 aliphatic carbocycles. The van der Waals surface area contributed by atoms with Crippen LogP contribution in [0.15, 0.2) is 36.5 Å². The zero-order chi connectivity index (χ0) is 21.9. The molecule has 4 N–H and O–H groups in total. The Hall–Kier alpha value is -3.54. The summed E-state index contributed by atoms with van der Waals surface area (Å²) in [4.78, 5) is 27.2. The standard InChI is InChI=1S/C18H16F4N6O2/c19-11-7-13-10(8-28(27-13)9-16(29)24-5-4-23)6-14(11)26-17(30)12-2-1-3-15(25-12)18(20,21)22/h1-3,6-8H,4-5,9,23H2,(H,24,29)(H,26,30). The fourth-order valence-electron chi connectivity index (χ4n) is 2.59. The number of carbonyl (C=O) groups excluding carboxylic acids is 2. The van der Waals surface area contributed by atoms with Crippen LogP contribution < -0.4 is 16.4 Å². The number of anilines is 1. The highest BCUT2D eigenvalue weighted by Crippen LogP contribution is 2.28. The lowest BCUT2D eigenvalue weighted by molar-refractivity contribution is -0.141. The van der Waals surface area contributed by atoms with Gasteiger partial charge in [0.05, 0.1) is 11.2 Å². The molecule has 0 aliphatic heterocycles. The number of nitrogens with zero attached hydrogens (tertiary/aromatic N) is 3. The SMILES string of the molecule is NCCNC(=O)Cn1cc2cc(NC(=O)c3cccc(C(F)(F)F)n3)c(F)cc2n1. The van der Waals surface area contributed by atoms with Gasteiger partial charge in [0.15, 0.2) is 0 Å². The van der Waals surface area contributed by atoms with Crippen molar-refractivity contribution in [2.75, 3.05) is 18.4 Å². The lowest BCUT2D eigenvalue weighted by Gasteiger charge is -2.09. The highest BCUT2D eigenvalue weighted by Gasteiger charge is 2.33. The van der Waals surface area contributed by atoms with Gasteiger partial charge in [-0.25, -0.2) is 9.37 Å². The van der Waals surface area contributed by atoms with Gasteiger partial charge in [-0.1, -0.05) is 6.07 Å². The van der Waals surface area contributed by atoms with Crippen LogP contribution in [-0.4, -0.2) is 39.7 Å². The Labute approximate surface area is 167 Å². The minimum atomic E-state index is -4.72. The molecule has 0 spiro atoms. The molecule has 3 aromatic rings. The van der Waals surface area contributed by atoms with E-state index in [1.165, 1.54) is 16.9 Å². The molecule has 0 unspecified atom stereocenters. The molecule has 158 valence electrons. The molecule has 1 aromatic carbocycles. The molecular weight excluding hydrogens is 408 g/mol. The smallest absolute Gasteiger partial charge is 0.353 e. The van der Waals surface area contributed by atoms with Crippen molar-refractivity contribution >= 4 is 28.4 Å². The molecule has 8 nitrogen and oxygen atoms in total. The van der Waals surface area contributed by atoms with Gasteiger partial charge in [0, 0.05) is 30.7 Å². The first-order chi connectivity index (χ1) is 14.2. The van der Waals surface area contributed by atoms with Crippen molar-refractivity contribution in [1.82, 2.24) is 20.1 Å². The molecule has 0 bridgehead atoms. The predicted octanol–water partition coefficient (Wildman–Crippen LogP) is 1.92. The van der Waals surface area contributed by atoms with Crippen LogP contribution in [0.1, 0.15) is 16.2 Å². The van der Waals surface area contributed by atoms with Crippen LogP contribution in [0.25, 0.3) is 10.9 Å². The van der Waals surface area contributed by atoms with Crippen LogP contribution >= 0.6 is 0 Å². The maximum atomic E-state index is 14.3. The van der Waals surface area contributed by atoms with Crippen molar-refractivity contribution in [3.8, 4) is 0 Å². The quantitative estimate of drug-likeness (QED) is 0.523. The molecule has 0 fully saturated rings. The van der Waals surface area contributed by atoms with Gasteiger partial charge < -0.3 is 16.4 Å². The summed E-state index contributed by atoms with van der Waals surface area (Å²) < 4.78 is 53.9. The number of hydrogen-bond acceptors (Lipinski definition) is 5. The van der Waals surface area contributed by atoms with Gasteiger partial charge in [-0.2, -0.15) is 18.3 Å². The lowest BCUT2D eigenvalue weighted by atomic mass is 10.2. The van der Waals surface area contributed by atoms with Crippen LogP contribution in [0.4, 0.5) is 23.2 Å². The molecule has 2 amide bonds. The fourth-order valence-corrected chi connectivity index (χ4v) is 2.59. The Kier molecular flexibility index (Phi) is 5.96. The van der Waals surface area contributed by atoms with Crippen LogP contribution in [0.3, 0.4) is 0 Å². The number of carbonyl (C=O) groups is 2. The van der Waals surface area contributed by atoms with E-state index >= 15 is 0 Å². The van der Waals surface area contributed by atoms with E-state index in [4.69, 9.17) is 5.73 Å². The van der Waals surface area contributed by atoms with Crippen molar-refractivity contribution in [3.05, 3.63) is 53.7 Å². The minimum absolute atomic E-state index is 0.119. The summed E-state index contributed by atoms with van der Waals surface area (Å²) in [6.45, 7) is 0.460. The van der Waals surface area contributed by atoms with Gasteiger partial charge in [-0.05, 0) is 18.2 Å². The van der Waals surface area contributed by atoms with Gasteiger partial charge in [-0.15, -0.1) is 0 Å². The van der Waals surface area contributed by atoms with E-state index in [9.17, 15) is 27.2 Å². The molecule has 0 saturated heterocycles. The van der Waals surface area contributed by atoms with Crippen molar-refractivity contribution in [2.24, 2.45) is 5.73 Å². The number of halogens is 4. The summed E-state index contributed by atoms with van der Waals surface area (Å²) in [5.74, 6) is -2.19. The van der Waals surface area contributed by atoms with Crippen molar-refractivity contribution in [2.45, 2.75) is 12.7 Å². The number of nitrogens with one attached hydrogen (secondary N) is 2. The Morgan fingerprint density at radius 1 is 1.20 bits per heavy atom. The summed E-state index contributed by atoms with van der Waals surface area (Å²) >= 11 is 0. The first-order valence-corrected chi connectivity index (χ1v) is 8.66. The molecule has 2 heterocycles. The third-order valence-electron chi connectivity index (χ3n) is 3.93. The molecule has 0 radical (unpaired) electrons. The highest BCUT2D eigenvalue weighted by atomic mass is 19.4. The number of nitrogens with two attached hydrogens (primary N) is 1. The van der Waals surface area contributed by atoms with Crippen molar-refractivity contribution < 1.29 is 27.2 Å². The number of aromatic nitrogens is 3. The Bertz CT molecular complexity index is 1100. The molecule has 0 aliphatic rings. The number of fused-ring (bicyclic) bond motifs is 1. The molecule has 0 atom stereocenters. The number of benzene rings is 1. The molecular formula is C18H16F4N6O2. The summed E-state index contributed by atoms with van der Waals surface area (Å²) in [5.41, 5.74) is 3.52. The molecule has 2 aromatic heterocycles. The second-order valence-electron chi connectivity index (χ2n) is 6.22. The Morgan fingerprint density at radius 2 is 1.97 bits per heavy atom.